The molecule has 1 fully saturated rings. The molecule has 1 radical (unpaired) electrons. The van der Waals surface area contributed by atoms with Gasteiger partial charge in [-0.05, 0) is 18.6 Å². The second-order valence-electron chi connectivity index (χ2n) is 3.62. The quantitative estimate of drug-likeness (QED) is 0.770. The van der Waals surface area contributed by atoms with Crippen LogP contribution in [0, 0.1) is 6.42 Å². The van der Waals surface area contributed by atoms with Gasteiger partial charge >= 0.3 is 0 Å². The van der Waals surface area contributed by atoms with Crippen LogP contribution in [0.25, 0.3) is 0 Å². The lowest BCUT2D eigenvalue weighted by Crippen LogP contribution is -2.43. The van der Waals surface area contributed by atoms with Crippen LogP contribution in [-0.2, 0) is 0 Å². The molecule has 1 saturated heterocycles. The molecule has 0 atom stereocenters. The lowest BCUT2D eigenvalue weighted by molar-refractivity contribution is 0.0328. The van der Waals surface area contributed by atoms with E-state index in [9.17, 15) is 8.78 Å². The van der Waals surface area contributed by atoms with Gasteiger partial charge in [0.15, 0.2) is 0 Å². The number of nitrogens with two attached hydrogens (primary N) is 1. The van der Waals surface area contributed by atoms with Gasteiger partial charge in [-0.1, -0.05) is 0 Å². The van der Waals surface area contributed by atoms with Crippen LogP contribution in [0.4, 0.5) is 20.3 Å². The molecule has 1 aliphatic rings. The first kappa shape index (κ1) is 10.1. The SMILES string of the molecule is Nc1ccc(N2CC[CH]C(F)(F)C2)cn1. The summed E-state index contributed by atoms with van der Waals surface area (Å²) in [6.07, 6.45) is 2.97. The third-order valence-corrected chi connectivity index (χ3v) is 2.38. The summed E-state index contributed by atoms with van der Waals surface area (Å²) in [5, 5.41) is 0. The van der Waals surface area contributed by atoms with Crippen molar-refractivity contribution in [2.24, 2.45) is 0 Å². The van der Waals surface area contributed by atoms with Gasteiger partial charge in [0.1, 0.15) is 5.82 Å². The maximum absolute atomic E-state index is 13.1. The second kappa shape index (κ2) is 3.64. The Bertz CT molecular complexity index is 337. The van der Waals surface area contributed by atoms with Crippen molar-refractivity contribution in [2.75, 3.05) is 23.7 Å². The van der Waals surface area contributed by atoms with Crippen molar-refractivity contribution < 1.29 is 8.78 Å². The molecular formula is C10H12F2N3. The number of piperidine rings is 1. The average Bonchev–Trinajstić information content (AvgIpc) is 2.17. The Balaban J connectivity index is 2.13. The summed E-state index contributed by atoms with van der Waals surface area (Å²) in [7, 11) is 0. The molecule has 0 unspecified atom stereocenters. The van der Waals surface area contributed by atoms with Crippen LogP contribution in [0.15, 0.2) is 18.3 Å². The molecular weight excluding hydrogens is 200 g/mol. The molecule has 2 heterocycles. The molecule has 1 aliphatic heterocycles. The van der Waals surface area contributed by atoms with Gasteiger partial charge < -0.3 is 10.6 Å². The van der Waals surface area contributed by atoms with Gasteiger partial charge in [-0.25, -0.2) is 13.8 Å². The highest BCUT2D eigenvalue weighted by atomic mass is 19.3. The summed E-state index contributed by atoms with van der Waals surface area (Å²) >= 11 is 0. The fourth-order valence-electron chi connectivity index (χ4n) is 1.63. The van der Waals surface area contributed by atoms with Crippen LogP contribution in [0.3, 0.4) is 0 Å². The zero-order valence-corrected chi connectivity index (χ0v) is 8.16. The first-order valence-electron chi connectivity index (χ1n) is 4.75. The van der Waals surface area contributed by atoms with Crippen molar-refractivity contribution in [1.82, 2.24) is 4.98 Å². The maximum Gasteiger partial charge on any atom is 0.268 e. The normalized spacial score (nSPS) is 20.3. The van der Waals surface area contributed by atoms with Crippen molar-refractivity contribution in [3.8, 4) is 0 Å². The number of nitrogens with zero attached hydrogens (tertiary/aromatic N) is 2. The number of hydrogen-bond donors (Lipinski definition) is 1. The van der Waals surface area contributed by atoms with E-state index in [0.29, 0.717) is 24.5 Å². The fourth-order valence-corrected chi connectivity index (χ4v) is 1.63. The highest BCUT2D eigenvalue weighted by Gasteiger charge is 2.35. The first-order valence-corrected chi connectivity index (χ1v) is 4.75. The Morgan fingerprint density at radius 2 is 2.20 bits per heavy atom. The smallest absolute Gasteiger partial charge is 0.268 e. The lowest BCUT2D eigenvalue weighted by Gasteiger charge is -2.33. The predicted molar refractivity (Wildman–Crippen MR) is 54.7 cm³/mol. The number of rotatable bonds is 1. The van der Waals surface area contributed by atoms with Crippen molar-refractivity contribution >= 4 is 11.5 Å². The molecule has 0 aromatic carbocycles. The zero-order valence-electron chi connectivity index (χ0n) is 8.16. The van der Waals surface area contributed by atoms with E-state index in [1.165, 1.54) is 6.20 Å². The summed E-state index contributed by atoms with van der Waals surface area (Å²) < 4.78 is 26.2. The third-order valence-electron chi connectivity index (χ3n) is 2.38. The van der Waals surface area contributed by atoms with E-state index in [4.69, 9.17) is 5.73 Å². The van der Waals surface area contributed by atoms with Gasteiger partial charge in [0.05, 0.1) is 18.4 Å². The monoisotopic (exact) mass is 212 g/mol. The van der Waals surface area contributed by atoms with Crippen molar-refractivity contribution in [1.29, 1.82) is 0 Å². The van der Waals surface area contributed by atoms with Gasteiger partial charge in [-0.15, -0.1) is 0 Å². The molecule has 0 spiro atoms. The van der Waals surface area contributed by atoms with Crippen LogP contribution in [-0.4, -0.2) is 24.0 Å². The minimum atomic E-state index is -2.71. The molecule has 2 N–H and O–H groups in total. The summed E-state index contributed by atoms with van der Waals surface area (Å²) in [4.78, 5) is 5.50. The number of alkyl halides is 2. The van der Waals surface area contributed by atoms with E-state index < -0.39 is 5.92 Å². The molecule has 1 aromatic heterocycles. The number of anilines is 2. The van der Waals surface area contributed by atoms with E-state index in [2.05, 4.69) is 4.98 Å². The zero-order chi connectivity index (χ0) is 10.9. The van der Waals surface area contributed by atoms with Gasteiger partial charge in [0.25, 0.3) is 5.92 Å². The van der Waals surface area contributed by atoms with E-state index >= 15 is 0 Å². The second-order valence-corrected chi connectivity index (χ2v) is 3.62. The molecule has 0 bridgehead atoms. The molecule has 2 rings (SSSR count). The van der Waals surface area contributed by atoms with Gasteiger partial charge in [0.2, 0.25) is 0 Å². The van der Waals surface area contributed by atoms with Crippen molar-refractivity contribution in [2.45, 2.75) is 12.3 Å². The van der Waals surface area contributed by atoms with Crippen LogP contribution >= 0.6 is 0 Å². The lowest BCUT2D eigenvalue weighted by atomic mass is 10.1. The third kappa shape index (κ3) is 2.34. The van der Waals surface area contributed by atoms with Crippen LogP contribution < -0.4 is 10.6 Å². The molecule has 0 saturated carbocycles. The topological polar surface area (TPSA) is 42.1 Å². The Hall–Kier alpha value is -1.39. The number of hydrogen-bond acceptors (Lipinski definition) is 3. The largest absolute Gasteiger partial charge is 0.384 e. The number of halogens is 2. The molecule has 1 aromatic rings. The predicted octanol–water partition coefficient (Wildman–Crippen LogP) is 1.71. The number of aromatic nitrogens is 1. The van der Waals surface area contributed by atoms with Crippen molar-refractivity contribution in [3.05, 3.63) is 24.8 Å². The van der Waals surface area contributed by atoms with Crippen LogP contribution in [0.2, 0.25) is 0 Å². The summed E-state index contributed by atoms with van der Waals surface area (Å²) in [5.74, 6) is -2.31. The molecule has 0 aliphatic carbocycles. The summed E-state index contributed by atoms with van der Waals surface area (Å²) in [6, 6.07) is 3.33. The Labute approximate surface area is 86.9 Å². The molecule has 15 heavy (non-hydrogen) atoms. The summed E-state index contributed by atoms with van der Waals surface area (Å²) in [6.45, 7) is 0.319. The van der Waals surface area contributed by atoms with E-state index in [1.54, 1.807) is 17.0 Å². The molecule has 5 heteroatoms. The van der Waals surface area contributed by atoms with E-state index in [1.807, 2.05) is 0 Å². The summed E-state index contributed by atoms with van der Waals surface area (Å²) in [5.41, 5.74) is 6.12. The minimum absolute atomic E-state index is 0.279. The van der Waals surface area contributed by atoms with Crippen molar-refractivity contribution in [3.63, 3.8) is 0 Å². The van der Waals surface area contributed by atoms with Gasteiger partial charge in [-0.3, -0.25) is 0 Å². The van der Waals surface area contributed by atoms with Gasteiger partial charge in [0, 0.05) is 13.0 Å². The molecule has 81 valence electrons. The standard InChI is InChI=1S/C10H12F2N3/c11-10(12)4-1-5-15(7-10)8-2-3-9(13)14-6-8/h2-4,6H,1,5,7H2,(H2,13,14). The van der Waals surface area contributed by atoms with Crippen LogP contribution in [0.1, 0.15) is 6.42 Å². The highest BCUT2D eigenvalue weighted by Crippen LogP contribution is 2.28. The number of nitrogen functional groups attached to an aromatic ring is 1. The first-order chi connectivity index (χ1) is 7.07. The fraction of sp³-hybridized carbons (Fsp3) is 0.400. The average molecular weight is 212 g/mol. The minimum Gasteiger partial charge on any atom is -0.384 e. The van der Waals surface area contributed by atoms with E-state index in [-0.39, 0.29) is 6.54 Å². The Morgan fingerprint density at radius 1 is 1.40 bits per heavy atom. The van der Waals surface area contributed by atoms with Gasteiger partial charge in [-0.2, -0.15) is 0 Å². The Morgan fingerprint density at radius 3 is 2.80 bits per heavy atom. The maximum atomic E-state index is 13.1. The highest BCUT2D eigenvalue weighted by molar-refractivity contribution is 5.49. The van der Waals surface area contributed by atoms with E-state index in [0.717, 1.165) is 6.42 Å². The number of pyridine rings is 1. The Kier molecular flexibility index (Phi) is 2.46. The van der Waals surface area contributed by atoms with Crippen LogP contribution in [0.5, 0.6) is 0 Å². The molecule has 3 nitrogen and oxygen atoms in total. The molecule has 0 amide bonds.